The number of hydrogen-bond acceptors (Lipinski definition) is 4. The molecule has 0 unspecified atom stereocenters. The fraction of sp³-hybridized carbons (Fsp3) is 0.286. The maximum atomic E-state index is 13.0. The zero-order chi connectivity index (χ0) is 24.6. The Hall–Kier alpha value is -3.32. The zero-order valence-electron chi connectivity index (χ0n) is 19.8. The second-order valence-corrected chi connectivity index (χ2v) is 9.53. The van der Waals surface area contributed by atoms with Crippen LogP contribution in [0.5, 0.6) is 5.75 Å². The van der Waals surface area contributed by atoms with Crippen molar-refractivity contribution in [3.05, 3.63) is 94.0 Å². The van der Waals surface area contributed by atoms with E-state index in [1.165, 1.54) is 0 Å². The molecule has 2 N–H and O–H groups in total. The molecule has 0 bridgehead atoms. The van der Waals surface area contributed by atoms with E-state index in [4.69, 9.17) is 4.74 Å². The minimum atomic E-state index is -0.0702. The molecular formula is C28H30BrN3O3. The first kappa shape index (κ1) is 24.8. The highest BCUT2D eigenvalue weighted by atomic mass is 79.9. The SMILES string of the molecule is COc1ccc(CCNC(=O)c2ccccc2N2CCC(NC(=O)c3cccc(Br)c3)CC2)cc1. The highest BCUT2D eigenvalue weighted by Crippen LogP contribution is 2.25. The van der Waals surface area contributed by atoms with E-state index in [0.29, 0.717) is 17.7 Å². The van der Waals surface area contributed by atoms with Gasteiger partial charge in [-0.15, -0.1) is 0 Å². The Bertz CT molecular complexity index is 1160. The molecule has 1 fully saturated rings. The van der Waals surface area contributed by atoms with Crippen molar-refractivity contribution < 1.29 is 14.3 Å². The molecule has 1 aliphatic heterocycles. The number of nitrogens with zero attached hydrogens (tertiary/aromatic N) is 1. The second-order valence-electron chi connectivity index (χ2n) is 8.62. The summed E-state index contributed by atoms with van der Waals surface area (Å²) in [6.45, 7) is 2.11. The number of carbonyl (C=O) groups is 2. The summed E-state index contributed by atoms with van der Waals surface area (Å²) in [4.78, 5) is 27.8. The van der Waals surface area contributed by atoms with Gasteiger partial charge in [0.05, 0.1) is 12.7 Å². The summed E-state index contributed by atoms with van der Waals surface area (Å²) in [6, 6.07) is 23.1. The van der Waals surface area contributed by atoms with E-state index < -0.39 is 0 Å². The van der Waals surface area contributed by atoms with E-state index in [1.807, 2.05) is 72.8 Å². The molecule has 0 aliphatic carbocycles. The molecule has 3 aromatic carbocycles. The number of benzene rings is 3. The Labute approximate surface area is 214 Å². The summed E-state index contributed by atoms with van der Waals surface area (Å²) in [5.74, 6) is 0.698. The molecule has 182 valence electrons. The van der Waals surface area contributed by atoms with E-state index in [-0.39, 0.29) is 17.9 Å². The van der Waals surface area contributed by atoms with Gasteiger partial charge < -0.3 is 20.3 Å². The molecule has 35 heavy (non-hydrogen) atoms. The summed E-state index contributed by atoms with van der Waals surface area (Å²) in [6.07, 6.45) is 2.40. The zero-order valence-corrected chi connectivity index (χ0v) is 21.4. The molecule has 0 saturated carbocycles. The van der Waals surface area contributed by atoms with Gasteiger partial charge in [0, 0.05) is 41.4 Å². The monoisotopic (exact) mass is 535 g/mol. The standard InChI is InChI=1S/C28H30BrN3O3/c1-35-24-11-9-20(10-12-24)13-16-30-28(34)25-7-2-3-8-26(25)32-17-14-23(15-18-32)31-27(33)21-5-4-6-22(29)19-21/h2-12,19,23H,13-18H2,1H3,(H,30,34)(H,31,33). The third-order valence-electron chi connectivity index (χ3n) is 6.26. The first-order chi connectivity index (χ1) is 17.0. The summed E-state index contributed by atoms with van der Waals surface area (Å²) < 4.78 is 6.08. The van der Waals surface area contributed by atoms with Crippen LogP contribution in [0.25, 0.3) is 0 Å². The third-order valence-corrected chi connectivity index (χ3v) is 6.76. The van der Waals surface area contributed by atoms with Crippen LogP contribution in [-0.4, -0.2) is 44.6 Å². The fourth-order valence-corrected chi connectivity index (χ4v) is 4.71. The van der Waals surface area contributed by atoms with Gasteiger partial charge in [0.2, 0.25) is 0 Å². The van der Waals surface area contributed by atoms with Crippen LogP contribution in [0.2, 0.25) is 0 Å². The maximum Gasteiger partial charge on any atom is 0.253 e. The minimum Gasteiger partial charge on any atom is -0.497 e. The molecule has 7 heteroatoms. The lowest BCUT2D eigenvalue weighted by molar-refractivity contribution is 0.0929. The van der Waals surface area contributed by atoms with Gasteiger partial charge in [-0.05, 0) is 67.3 Å². The molecule has 0 radical (unpaired) electrons. The molecule has 0 aromatic heterocycles. The normalized spacial score (nSPS) is 13.8. The number of halogens is 1. The van der Waals surface area contributed by atoms with Crippen LogP contribution in [0.1, 0.15) is 39.1 Å². The van der Waals surface area contributed by atoms with E-state index >= 15 is 0 Å². The van der Waals surface area contributed by atoms with Crippen molar-refractivity contribution in [1.82, 2.24) is 10.6 Å². The average Bonchev–Trinajstić information content (AvgIpc) is 2.89. The predicted molar refractivity (Wildman–Crippen MR) is 142 cm³/mol. The molecule has 1 aliphatic rings. The maximum absolute atomic E-state index is 13.0. The van der Waals surface area contributed by atoms with Gasteiger partial charge in [0.25, 0.3) is 11.8 Å². The smallest absolute Gasteiger partial charge is 0.253 e. The van der Waals surface area contributed by atoms with Crippen molar-refractivity contribution in [3.8, 4) is 5.75 Å². The van der Waals surface area contributed by atoms with E-state index in [1.54, 1.807) is 7.11 Å². The molecule has 1 saturated heterocycles. The van der Waals surface area contributed by atoms with Crippen LogP contribution in [-0.2, 0) is 6.42 Å². The second kappa shape index (κ2) is 11.9. The topological polar surface area (TPSA) is 70.7 Å². The van der Waals surface area contributed by atoms with Gasteiger partial charge in [-0.2, -0.15) is 0 Å². The lowest BCUT2D eigenvalue weighted by Crippen LogP contribution is -2.45. The largest absolute Gasteiger partial charge is 0.497 e. The van der Waals surface area contributed by atoms with Gasteiger partial charge in [0.15, 0.2) is 0 Å². The molecule has 1 heterocycles. The molecule has 2 amide bonds. The summed E-state index contributed by atoms with van der Waals surface area (Å²) in [7, 11) is 1.65. The third kappa shape index (κ3) is 6.63. The number of methoxy groups -OCH3 is 1. The lowest BCUT2D eigenvalue weighted by Gasteiger charge is -2.35. The van der Waals surface area contributed by atoms with Crippen LogP contribution in [0.4, 0.5) is 5.69 Å². The summed E-state index contributed by atoms with van der Waals surface area (Å²) >= 11 is 3.42. The number of carbonyl (C=O) groups excluding carboxylic acids is 2. The Morgan fingerprint density at radius 3 is 2.43 bits per heavy atom. The van der Waals surface area contributed by atoms with Crippen LogP contribution in [0, 0.1) is 0 Å². The van der Waals surface area contributed by atoms with Gasteiger partial charge in [-0.25, -0.2) is 0 Å². The van der Waals surface area contributed by atoms with Gasteiger partial charge in [-0.1, -0.05) is 46.3 Å². The molecular weight excluding hydrogens is 506 g/mol. The summed E-state index contributed by atoms with van der Waals surface area (Å²) in [5, 5.41) is 6.20. The van der Waals surface area contributed by atoms with E-state index in [2.05, 4.69) is 31.5 Å². The van der Waals surface area contributed by atoms with E-state index in [0.717, 1.165) is 53.8 Å². The quantitative estimate of drug-likeness (QED) is 0.433. The number of amides is 2. The first-order valence-electron chi connectivity index (χ1n) is 11.8. The first-order valence-corrected chi connectivity index (χ1v) is 12.6. The molecule has 0 atom stereocenters. The van der Waals surface area contributed by atoms with E-state index in [9.17, 15) is 9.59 Å². The minimum absolute atomic E-state index is 0.0543. The number of piperidine rings is 1. The highest BCUT2D eigenvalue weighted by molar-refractivity contribution is 9.10. The summed E-state index contributed by atoms with van der Waals surface area (Å²) in [5.41, 5.74) is 3.41. The van der Waals surface area contributed by atoms with Crippen molar-refractivity contribution >= 4 is 33.4 Å². The molecule has 6 nitrogen and oxygen atoms in total. The Morgan fingerprint density at radius 1 is 0.971 bits per heavy atom. The molecule has 3 aromatic rings. The van der Waals surface area contributed by atoms with Crippen molar-refractivity contribution in [2.24, 2.45) is 0 Å². The Balaban J connectivity index is 1.30. The van der Waals surface area contributed by atoms with Crippen molar-refractivity contribution in [2.45, 2.75) is 25.3 Å². The van der Waals surface area contributed by atoms with Crippen molar-refractivity contribution in [3.63, 3.8) is 0 Å². The van der Waals surface area contributed by atoms with Crippen LogP contribution in [0.15, 0.2) is 77.3 Å². The Kier molecular flexibility index (Phi) is 8.42. The van der Waals surface area contributed by atoms with Crippen molar-refractivity contribution in [2.75, 3.05) is 31.6 Å². The van der Waals surface area contributed by atoms with Crippen LogP contribution in [0.3, 0.4) is 0 Å². The average molecular weight is 536 g/mol. The number of hydrogen-bond donors (Lipinski definition) is 2. The van der Waals surface area contributed by atoms with Crippen LogP contribution < -0.4 is 20.3 Å². The number of anilines is 1. The Morgan fingerprint density at radius 2 is 1.71 bits per heavy atom. The van der Waals surface area contributed by atoms with Crippen LogP contribution >= 0.6 is 15.9 Å². The fourth-order valence-electron chi connectivity index (χ4n) is 4.31. The van der Waals surface area contributed by atoms with Gasteiger partial charge in [-0.3, -0.25) is 9.59 Å². The lowest BCUT2D eigenvalue weighted by atomic mass is 10.0. The van der Waals surface area contributed by atoms with Gasteiger partial charge in [0.1, 0.15) is 5.75 Å². The number of para-hydroxylation sites is 1. The van der Waals surface area contributed by atoms with Gasteiger partial charge >= 0.3 is 0 Å². The number of ether oxygens (including phenoxy) is 1. The highest BCUT2D eigenvalue weighted by Gasteiger charge is 2.24. The predicted octanol–water partition coefficient (Wildman–Crippen LogP) is 4.83. The molecule has 4 rings (SSSR count). The molecule has 0 spiro atoms. The number of rotatable bonds is 8. The van der Waals surface area contributed by atoms with Crippen molar-refractivity contribution in [1.29, 1.82) is 0 Å². The number of nitrogens with one attached hydrogen (secondary N) is 2.